The number of hydrogen-bond acceptors (Lipinski definition) is 4. The van der Waals surface area contributed by atoms with Gasteiger partial charge in [0.15, 0.2) is 0 Å². The van der Waals surface area contributed by atoms with Crippen LogP contribution in [0.4, 0.5) is 0 Å². The molecule has 1 unspecified atom stereocenters. The van der Waals surface area contributed by atoms with Crippen LogP contribution in [0.5, 0.6) is 0 Å². The number of nitrogens with one attached hydrogen (secondary N) is 1. The van der Waals surface area contributed by atoms with Crippen molar-refractivity contribution >= 4 is 0 Å². The molecular weight excluding hydrogens is 312 g/mol. The minimum absolute atomic E-state index is 0.00797. The molecule has 3 rings (SSSR count). The second-order valence-corrected chi connectivity index (χ2v) is 8.09. The van der Waals surface area contributed by atoms with Gasteiger partial charge in [-0.3, -0.25) is 9.69 Å². The molecule has 1 aromatic rings. The highest BCUT2D eigenvalue weighted by Gasteiger charge is 2.24. The Morgan fingerprint density at radius 3 is 2.72 bits per heavy atom. The molecule has 1 saturated carbocycles. The Morgan fingerprint density at radius 1 is 1.12 bits per heavy atom. The molecule has 5 nitrogen and oxygen atoms in total. The summed E-state index contributed by atoms with van der Waals surface area (Å²) in [5.41, 5.74) is 0.914. The predicted molar refractivity (Wildman–Crippen MR) is 102 cm³/mol. The fraction of sp³-hybridized carbons (Fsp3) is 0.800. The van der Waals surface area contributed by atoms with Crippen molar-refractivity contribution in [2.24, 2.45) is 5.92 Å². The topological polar surface area (TPSA) is 50.2 Å². The lowest BCUT2D eigenvalue weighted by Gasteiger charge is -2.37. The van der Waals surface area contributed by atoms with Crippen molar-refractivity contribution in [3.63, 3.8) is 0 Å². The molecule has 1 N–H and O–H groups in total. The summed E-state index contributed by atoms with van der Waals surface area (Å²) in [6.07, 6.45) is 9.27. The number of aromatic nitrogens is 2. The van der Waals surface area contributed by atoms with Gasteiger partial charge in [0.25, 0.3) is 5.56 Å². The van der Waals surface area contributed by atoms with Crippen molar-refractivity contribution in [1.29, 1.82) is 0 Å². The van der Waals surface area contributed by atoms with Crippen LogP contribution in [0.1, 0.15) is 57.6 Å². The number of hydrogen-bond donors (Lipinski definition) is 1. The van der Waals surface area contributed by atoms with E-state index in [0.717, 1.165) is 31.2 Å². The van der Waals surface area contributed by atoms with E-state index in [4.69, 9.17) is 0 Å². The molecule has 0 aromatic carbocycles. The van der Waals surface area contributed by atoms with Crippen molar-refractivity contribution in [1.82, 2.24) is 20.0 Å². The Morgan fingerprint density at radius 2 is 1.92 bits per heavy atom. The van der Waals surface area contributed by atoms with Gasteiger partial charge in [0, 0.05) is 31.2 Å². The molecule has 0 spiro atoms. The summed E-state index contributed by atoms with van der Waals surface area (Å²) >= 11 is 0. The first kappa shape index (κ1) is 18.6. The van der Waals surface area contributed by atoms with Crippen LogP contribution >= 0.6 is 0 Å². The molecule has 1 aliphatic carbocycles. The van der Waals surface area contributed by atoms with Crippen LogP contribution in [0.3, 0.4) is 0 Å². The first-order chi connectivity index (χ1) is 12.1. The maximum absolute atomic E-state index is 12.0. The summed E-state index contributed by atoms with van der Waals surface area (Å²) < 4.78 is 1.62. The van der Waals surface area contributed by atoms with Gasteiger partial charge >= 0.3 is 0 Å². The number of aryl methyl sites for hydroxylation is 1. The molecule has 1 saturated heterocycles. The van der Waals surface area contributed by atoms with Crippen molar-refractivity contribution in [2.75, 3.05) is 19.6 Å². The minimum Gasteiger partial charge on any atom is -0.312 e. The summed E-state index contributed by atoms with van der Waals surface area (Å²) in [5, 5.41) is 8.21. The minimum atomic E-state index is 0.00797. The molecule has 1 atom stereocenters. The molecule has 2 heterocycles. The maximum atomic E-state index is 12.0. The van der Waals surface area contributed by atoms with E-state index in [-0.39, 0.29) is 5.56 Å². The van der Waals surface area contributed by atoms with Crippen molar-refractivity contribution in [3.8, 4) is 0 Å². The molecule has 25 heavy (non-hydrogen) atoms. The van der Waals surface area contributed by atoms with E-state index in [1.165, 1.54) is 44.9 Å². The summed E-state index contributed by atoms with van der Waals surface area (Å²) in [5.74, 6) is 0.907. The monoisotopic (exact) mass is 346 g/mol. The Labute approximate surface area is 151 Å². The highest BCUT2D eigenvalue weighted by Crippen LogP contribution is 2.24. The van der Waals surface area contributed by atoms with Gasteiger partial charge in [-0.05, 0) is 64.0 Å². The van der Waals surface area contributed by atoms with E-state index in [1.807, 2.05) is 6.92 Å². The first-order valence-electron chi connectivity index (χ1n) is 10.1. The third kappa shape index (κ3) is 5.38. The van der Waals surface area contributed by atoms with Crippen LogP contribution in [-0.2, 0) is 6.54 Å². The molecule has 0 radical (unpaired) electrons. The van der Waals surface area contributed by atoms with Gasteiger partial charge in [0.1, 0.15) is 0 Å². The number of piperidine rings is 1. The molecule has 2 aliphatic rings. The highest BCUT2D eigenvalue weighted by molar-refractivity contribution is 4.97. The van der Waals surface area contributed by atoms with Crippen molar-refractivity contribution in [3.05, 3.63) is 28.2 Å². The zero-order valence-corrected chi connectivity index (χ0v) is 15.9. The molecule has 5 heteroatoms. The van der Waals surface area contributed by atoms with Crippen LogP contribution in [0.15, 0.2) is 16.9 Å². The van der Waals surface area contributed by atoms with Gasteiger partial charge < -0.3 is 5.32 Å². The fourth-order valence-electron chi connectivity index (χ4n) is 4.29. The van der Waals surface area contributed by atoms with Gasteiger partial charge in [0.05, 0.1) is 12.2 Å². The normalized spacial score (nSPS) is 28.2. The zero-order chi connectivity index (χ0) is 17.6. The molecule has 2 fully saturated rings. The van der Waals surface area contributed by atoms with Crippen molar-refractivity contribution in [2.45, 2.75) is 77.4 Å². The second kappa shape index (κ2) is 8.95. The Balaban J connectivity index is 1.50. The van der Waals surface area contributed by atoms with Crippen LogP contribution in [0.25, 0.3) is 0 Å². The van der Waals surface area contributed by atoms with E-state index in [9.17, 15) is 4.79 Å². The van der Waals surface area contributed by atoms with E-state index < -0.39 is 0 Å². The Kier molecular flexibility index (Phi) is 6.65. The van der Waals surface area contributed by atoms with Crippen LogP contribution in [-0.4, -0.2) is 46.4 Å². The number of rotatable bonds is 6. The van der Waals surface area contributed by atoms with Gasteiger partial charge in [-0.1, -0.05) is 13.3 Å². The summed E-state index contributed by atoms with van der Waals surface area (Å²) in [7, 11) is 0. The summed E-state index contributed by atoms with van der Waals surface area (Å²) in [4.78, 5) is 14.5. The molecular formula is C20H34N4O. The van der Waals surface area contributed by atoms with Gasteiger partial charge in [-0.15, -0.1) is 0 Å². The van der Waals surface area contributed by atoms with E-state index in [1.54, 1.807) is 16.8 Å². The third-order valence-corrected chi connectivity index (χ3v) is 6.01. The van der Waals surface area contributed by atoms with Gasteiger partial charge in [0.2, 0.25) is 0 Å². The summed E-state index contributed by atoms with van der Waals surface area (Å²) in [6, 6.07) is 4.73. The van der Waals surface area contributed by atoms with Crippen LogP contribution in [0, 0.1) is 12.8 Å². The number of likely N-dealkylation sites (tertiary alicyclic amines) is 1. The van der Waals surface area contributed by atoms with Crippen LogP contribution < -0.4 is 10.9 Å². The van der Waals surface area contributed by atoms with E-state index in [0.29, 0.717) is 18.6 Å². The first-order valence-corrected chi connectivity index (χ1v) is 10.1. The fourth-order valence-corrected chi connectivity index (χ4v) is 4.29. The maximum Gasteiger partial charge on any atom is 0.266 e. The average Bonchev–Trinajstić information content (AvgIpc) is 2.63. The lowest BCUT2D eigenvalue weighted by Crippen LogP contribution is -2.49. The van der Waals surface area contributed by atoms with Gasteiger partial charge in [-0.2, -0.15) is 5.10 Å². The molecule has 140 valence electrons. The average molecular weight is 347 g/mol. The predicted octanol–water partition coefficient (Wildman–Crippen LogP) is 2.57. The molecule has 0 bridgehead atoms. The van der Waals surface area contributed by atoms with Gasteiger partial charge in [-0.25, -0.2) is 4.68 Å². The van der Waals surface area contributed by atoms with Crippen molar-refractivity contribution < 1.29 is 0 Å². The lowest BCUT2D eigenvalue weighted by molar-refractivity contribution is 0.132. The Hall–Kier alpha value is -1.20. The molecule has 1 aromatic heterocycles. The second-order valence-electron chi connectivity index (χ2n) is 8.09. The standard InChI is InChI=1S/C20H34N4O/c1-16-6-9-18(10-7-16)21-15-19-5-3-4-12-23(19)13-14-24-20(25)11-8-17(2)22-24/h8,11,16,18-19,21H,3-7,9-10,12-15H2,1-2H3. The summed E-state index contributed by atoms with van der Waals surface area (Å²) in [6.45, 7) is 8.17. The lowest BCUT2D eigenvalue weighted by atomic mass is 9.87. The smallest absolute Gasteiger partial charge is 0.266 e. The van der Waals surface area contributed by atoms with E-state index >= 15 is 0 Å². The highest BCUT2D eigenvalue weighted by atomic mass is 16.1. The largest absolute Gasteiger partial charge is 0.312 e. The quantitative estimate of drug-likeness (QED) is 0.860. The van der Waals surface area contributed by atoms with Crippen LogP contribution in [0.2, 0.25) is 0 Å². The van der Waals surface area contributed by atoms with E-state index in [2.05, 4.69) is 22.2 Å². The zero-order valence-electron chi connectivity index (χ0n) is 15.9. The Bertz CT molecular complexity index is 592. The third-order valence-electron chi connectivity index (χ3n) is 6.01. The number of nitrogens with zero attached hydrogens (tertiary/aromatic N) is 3. The SMILES string of the molecule is Cc1ccc(=O)n(CCN2CCCCC2CNC2CCC(C)CC2)n1. The molecule has 0 amide bonds. The molecule has 1 aliphatic heterocycles.